The number of benzene rings is 1. The second-order valence-electron chi connectivity index (χ2n) is 8.05. The average molecular weight is 439 g/mol. The van der Waals surface area contributed by atoms with Crippen LogP contribution in [-0.4, -0.2) is 58.8 Å². The minimum atomic E-state index is -0.0815. The number of hydrogen-bond acceptors (Lipinski definition) is 6. The van der Waals surface area contributed by atoms with Gasteiger partial charge in [0.15, 0.2) is 17.3 Å². The zero-order valence-electron chi connectivity index (χ0n) is 19.1. The number of aryl methyl sites for hydroxylation is 2. The molecule has 8 nitrogen and oxygen atoms in total. The summed E-state index contributed by atoms with van der Waals surface area (Å²) >= 11 is 0. The van der Waals surface area contributed by atoms with Crippen molar-refractivity contribution in [1.82, 2.24) is 19.6 Å². The molecule has 0 spiro atoms. The Morgan fingerprint density at radius 3 is 2.44 bits per heavy atom. The summed E-state index contributed by atoms with van der Waals surface area (Å²) < 4.78 is 18.8. The lowest BCUT2D eigenvalue weighted by molar-refractivity contribution is 0.0593. The molecule has 32 heavy (non-hydrogen) atoms. The number of nitrogens with zero attached hydrogens (tertiary/aromatic N) is 4. The first kappa shape index (κ1) is 22.0. The largest absolute Gasteiger partial charge is 0.493 e. The van der Waals surface area contributed by atoms with Crippen molar-refractivity contribution in [3.05, 3.63) is 64.9 Å². The second kappa shape index (κ2) is 9.48. The molecule has 0 radical (unpaired) electrons. The molecule has 0 unspecified atom stereocenters. The quantitative estimate of drug-likeness (QED) is 0.564. The van der Waals surface area contributed by atoms with Gasteiger partial charge in [0.25, 0.3) is 5.91 Å². The molecule has 3 aromatic rings. The molecule has 3 heterocycles. The number of ether oxygens (including phenoxy) is 2. The summed E-state index contributed by atoms with van der Waals surface area (Å²) in [4.78, 5) is 17.1. The van der Waals surface area contributed by atoms with Crippen molar-refractivity contribution >= 4 is 5.91 Å². The maximum atomic E-state index is 12.9. The molecule has 0 atom stereocenters. The lowest BCUT2D eigenvalue weighted by atomic mass is 10.1. The Bertz CT molecular complexity index is 1080. The van der Waals surface area contributed by atoms with Gasteiger partial charge in [-0.1, -0.05) is 12.1 Å². The zero-order valence-corrected chi connectivity index (χ0v) is 19.1. The molecular formula is C24H30N4O4. The molecule has 1 aromatic carbocycles. The van der Waals surface area contributed by atoms with Crippen molar-refractivity contribution in [2.45, 2.75) is 27.0 Å². The van der Waals surface area contributed by atoms with E-state index in [4.69, 9.17) is 13.9 Å². The van der Waals surface area contributed by atoms with E-state index in [0.29, 0.717) is 36.1 Å². The van der Waals surface area contributed by atoms with Gasteiger partial charge in [-0.05, 0) is 38.1 Å². The van der Waals surface area contributed by atoms with Gasteiger partial charge in [-0.15, -0.1) is 0 Å². The third-order valence-corrected chi connectivity index (χ3v) is 6.01. The Morgan fingerprint density at radius 2 is 1.78 bits per heavy atom. The van der Waals surface area contributed by atoms with Crippen LogP contribution in [0, 0.1) is 13.8 Å². The molecule has 1 amide bonds. The van der Waals surface area contributed by atoms with Crippen LogP contribution >= 0.6 is 0 Å². The maximum absolute atomic E-state index is 12.9. The summed E-state index contributed by atoms with van der Waals surface area (Å²) in [5.41, 5.74) is 3.54. The molecule has 0 aliphatic carbocycles. The third-order valence-electron chi connectivity index (χ3n) is 6.01. The highest BCUT2D eigenvalue weighted by Gasteiger charge is 2.25. The number of carbonyl (C=O) groups is 1. The van der Waals surface area contributed by atoms with E-state index in [1.54, 1.807) is 19.2 Å². The van der Waals surface area contributed by atoms with Crippen molar-refractivity contribution in [3.63, 3.8) is 0 Å². The van der Waals surface area contributed by atoms with E-state index in [0.717, 1.165) is 25.3 Å². The van der Waals surface area contributed by atoms with Gasteiger partial charge < -0.3 is 18.8 Å². The van der Waals surface area contributed by atoms with Crippen LogP contribution in [0.1, 0.15) is 33.3 Å². The smallest absolute Gasteiger partial charge is 0.289 e. The molecule has 170 valence electrons. The van der Waals surface area contributed by atoms with E-state index in [-0.39, 0.29) is 12.5 Å². The number of rotatable bonds is 7. The van der Waals surface area contributed by atoms with E-state index in [1.165, 1.54) is 11.3 Å². The lowest BCUT2D eigenvalue weighted by Crippen LogP contribution is -2.48. The fourth-order valence-electron chi connectivity index (χ4n) is 3.99. The van der Waals surface area contributed by atoms with Gasteiger partial charge in [-0.3, -0.25) is 14.4 Å². The summed E-state index contributed by atoms with van der Waals surface area (Å²) in [5, 5.41) is 4.50. The van der Waals surface area contributed by atoms with Crippen molar-refractivity contribution in [2.75, 3.05) is 33.3 Å². The molecule has 0 N–H and O–H groups in total. The number of hydrogen-bond donors (Lipinski definition) is 0. The van der Waals surface area contributed by atoms with Gasteiger partial charge in [0.1, 0.15) is 12.4 Å². The van der Waals surface area contributed by atoms with Crippen LogP contribution < -0.4 is 9.47 Å². The minimum Gasteiger partial charge on any atom is -0.493 e. The monoisotopic (exact) mass is 438 g/mol. The molecule has 0 saturated carbocycles. The highest BCUT2D eigenvalue weighted by atomic mass is 16.5. The van der Waals surface area contributed by atoms with Crippen molar-refractivity contribution < 1.29 is 18.7 Å². The average Bonchev–Trinajstić information content (AvgIpc) is 3.38. The first-order valence-electron chi connectivity index (χ1n) is 10.8. The summed E-state index contributed by atoms with van der Waals surface area (Å²) in [7, 11) is 3.58. The number of para-hydroxylation sites is 2. The van der Waals surface area contributed by atoms with Gasteiger partial charge in [-0.2, -0.15) is 5.10 Å². The van der Waals surface area contributed by atoms with E-state index in [2.05, 4.69) is 16.9 Å². The number of piperazine rings is 1. The van der Waals surface area contributed by atoms with Crippen LogP contribution in [0.2, 0.25) is 0 Å². The van der Waals surface area contributed by atoms with Gasteiger partial charge in [0.2, 0.25) is 0 Å². The molecule has 4 rings (SSSR count). The fourth-order valence-corrected chi connectivity index (χ4v) is 3.99. The number of furan rings is 1. The Morgan fingerprint density at radius 1 is 1.06 bits per heavy atom. The van der Waals surface area contributed by atoms with Gasteiger partial charge in [0, 0.05) is 51.0 Å². The molecule has 1 aliphatic rings. The number of methoxy groups -OCH3 is 1. The topological polar surface area (TPSA) is 73.0 Å². The van der Waals surface area contributed by atoms with Crippen molar-refractivity contribution in [1.29, 1.82) is 0 Å². The molecule has 0 bridgehead atoms. The second-order valence-corrected chi connectivity index (χ2v) is 8.05. The van der Waals surface area contributed by atoms with Crippen LogP contribution in [-0.2, 0) is 20.2 Å². The van der Waals surface area contributed by atoms with Crippen molar-refractivity contribution in [2.24, 2.45) is 7.05 Å². The van der Waals surface area contributed by atoms with E-state index < -0.39 is 0 Å². The van der Waals surface area contributed by atoms with E-state index >= 15 is 0 Å². The van der Waals surface area contributed by atoms with Crippen LogP contribution in [0.3, 0.4) is 0 Å². The summed E-state index contributed by atoms with van der Waals surface area (Å²) in [5.74, 6) is 2.15. The van der Waals surface area contributed by atoms with Gasteiger partial charge in [-0.25, -0.2) is 0 Å². The molecule has 1 fully saturated rings. The summed E-state index contributed by atoms with van der Waals surface area (Å²) in [6.07, 6.45) is 0. The summed E-state index contributed by atoms with van der Waals surface area (Å²) in [6, 6.07) is 10.9. The molecule has 8 heteroatoms. The predicted octanol–water partition coefficient (Wildman–Crippen LogP) is 3.18. The van der Waals surface area contributed by atoms with Gasteiger partial charge >= 0.3 is 0 Å². The maximum Gasteiger partial charge on any atom is 0.289 e. The lowest BCUT2D eigenvalue weighted by Gasteiger charge is -2.34. The Kier molecular flexibility index (Phi) is 6.50. The Balaban J connectivity index is 1.30. The Labute approximate surface area is 188 Å². The standard InChI is InChI=1S/C24H30N4O4/c1-17-20(18(2)26(3)25-17)15-27-11-13-28(14-12-27)24(29)23-10-9-19(32-23)16-31-22-8-6-5-7-21(22)30-4/h5-10H,11-16H2,1-4H3. The van der Waals surface area contributed by atoms with Crippen molar-refractivity contribution in [3.8, 4) is 11.5 Å². The minimum absolute atomic E-state index is 0.0815. The highest BCUT2D eigenvalue weighted by Crippen LogP contribution is 2.27. The van der Waals surface area contributed by atoms with Gasteiger partial charge in [0.05, 0.1) is 12.8 Å². The predicted molar refractivity (Wildman–Crippen MR) is 120 cm³/mol. The fraction of sp³-hybridized carbons (Fsp3) is 0.417. The number of aromatic nitrogens is 2. The van der Waals surface area contributed by atoms with Crippen LogP contribution in [0.15, 0.2) is 40.8 Å². The molecular weight excluding hydrogens is 408 g/mol. The highest BCUT2D eigenvalue weighted by molar-refractivity contribution is 5.91. The molecule has 2 aromatic heterocycles. The third kappa shape index (κ3) is 4.65. The first-order valence-corrected chi connectivity index (χ1v) is 10.8. The molecule has 1 saturated heterocycles. The number of amides is 1. The first-order chi connectivity index (χ1) is 15.5. The zero-order chi connectivity index (χ0) is 22.7. The van der Waals surface area contributed by atoms with Crippen LogP contribution in [0.25, 0.3) is 0 Å². The molecule has 1 aliphatic heterocycles. The normalized spacial score (nSPS) is 14.6. The SMILES string of the molecule is COc1ccccc1OCc1ccc(C(=O)N2CCN(Cc3c(C)nn(C)c3C)CC2)o1. The summed E-state index contributed by atoms with van der Waals surface area (Å²) in [6.45, 7) is 8.23. The number of carbonyl (C=O) groups excluding carboxylic acids is 1. The van der Waals surface area contributed by atoms with Crippen LogP contribution in [0.4, 0.5) is 0 Å². The van der Waals surface area contributed by atoms with E-state index in [1.807, 2.05) is 47.8 Å². The van der Waals surface area contributed by atoms with Crippen LogP contribution in [0.5, 0.6) is 11.5 Å². The van der Waals surface area contributed by atoms with E-state index in [9.17, 15) is 4.79 Å². The Hall–Kier alpha value is -3.26.